The highest BCUT2D eigenvalue weighted by molar-refractivity contribution is 5.94. The molecule has 4 heteroatoms. The minimum Gasteiger partial charge on any atom is -0.478 e. The van der Waals surface area contributed by atoms with Gasteiger partial charge in [0.1, 0.15) is 0 Å². The van der Waals surface area contributed by atoms with Crippen LogP contribution in [-0.2, 0) is 4.79 Å². The van der Waals surface area contributed by atoms with E-state index in [2.05, 4.69) is 5.10 Å². The van der Waals surface area contributed by atoms with Crippen molar-refractivity contribution < 1.29 is 9.90 Å². The number of hydrazone groups is 1. The molecule has 84 valence electrons. The third-order valence-corrected chi connectivity index (χ3v) is 2.89. The van der Waals surface area contributed by atoms with E-state index in [1.807, 2.05) is 30.3 Å². The summed E-state index contributed by atoms with van der Waals surface area (Å²) >= 11 is 0. The van der Waals surface area contributed by atoms with Gasteiger partial charge in [0, 0.05) is 11.1 Å². The number of aliphatic carboxylic acids is 1. The van der Waals surface area contributed by atoms with Crippen LogP contribution in [0.15, 0.2) is 47.1 Å². The monoisotopic (exact) mass is 226 g/mol. The number of nitrogens with zero attached hydrogens (tertiary/aromatic N) is 2. The summed E-state index contributed by atoms with van der Waals surface area (Å²) in [4.78, 5) is 10.9. The first kappa shape index (κ1) is 9.84. The van der Waals surface area contributed by atoms with Crippen LogP contribution in [0.25, 0.3) is 5.70 Å². The van der Waals surface area contributed by atoms with Crippen LogP contribution in [0, 0.1) is 0 Å². The van der Waals surface area contributed by atoms with E-state index >= 15 is 0 Å². The molecule has 1 aromatic rings. The summed E-state index contributed by atoms with van der Waals surface area (Å²) in [6, 6.07) is 7.93. The molecule has 4 nitrogen and oxygen atoms in total. The summed E-state index contributed by atoms with van der Waals surface area (Å²) in [7, 11) is 0. The van der Waals surface area contributed by atoms with E-state index in [1.165, 1.54) is 0 Å². The number of carbonyl (C=O) groups is 1. The normalized spacial score (nSPS) is 16.8. The molecule has 0 unspecified atom stereocenters. The largest absolute Gasteiger partial charge is 0.478 e. The van der Waals surface area contributed by atoms with E-state index in [-0.39, 0.29) is 0 Å². The van der Waals surface area contributed by atoms with Gasteiger partial charge < -0.3 is 5.11 Å². The minimum atomic E-state index is -0.894. The summed E-state index contributed by atoms with van der Waals surface area (Å²) in [6.07, 6.45) is 5.21. The number of carboxylic acids is 1. The Hall–Kier alpha value is -2.36. The van der Waals surface area contributed by atoms with Gasteiger partial charge in [-0.2, -0.15) is 5.10 Å². The van der Waals surface area contributed by atoms with Crippen molar-refractivity contribution in [1.82, 2.24) is 5.01 Å². The summed E-state index contributed by atoms with van der Waals surface area (Å²) < 4.78 is 0. The summed E-state index contributed by atoms with van der Waals surface area (Å²) in [5, 5.41) is 14.9. The maximum Gasteiger partial charge on any atom is 0.333 e. The lowest BCUT2D eigenvalue weighted by molar-refractivity contribution is -0.132. The van der Waals surface area contributed by atoms with Crippen LogP contribution < -0.4 is 0 Å². The van der Waals surface area contributed by atoms with Crippen LogP contribution >= 0.6 is 0 Å². The van der Waals surface area contributed by atoms with Gasteiger partial charge in [0.2, 0.25) is 0 Å². The molecular formula is C13H10N2O2. The molecule has 0 spiro atoms. The number of carboxylic acid groups (broad SMARTS) is 1. The van der Waals surface area contributed by atoms with E-state index in [4.69, 9.17) is 5.11 Å². The van der Waals surface area contributed by atoms with Crippen LogP contribution in [0.3, 0.4) is 0 Å². The zero-order valence-corrected chi connectivity index (χ0v) is 9.00. The van der Waals surface area contributed by atoms with Crippen molar-refractivity contribution in [3.05, 3.63) is 53.1 Å². The van der Waals surface area contributed by atoms with Gasteiger partial charge in [0.05, 0.1) is 24.0 Å². The molecule has 1 N–H and O–H groups in total. The van der Waals surface area contributed by atoms with Crippen molar-refractivity contribution in [2.75, 3.05) is 6.54 Å². The van der Waals surface area contributed by atoms with Gasteiger partial charge in [-0.1, -0.05) is 24.3 Å². The fourth-order valence-corrected chi connectivity index (χ4v) is 2.01. The Kier molecular flexibility index (Phi) is 2.08. The maximum absolute atomic E-state index is 10.9. The molecule has 0 atom stereocenters. The number of hydrogen-bond acceptors (Lipinski definition) is 3. The quantitative estimate of drug-likeness (QED) is 0.793. The van der Waals surface area contributed by atoms with Crippen LogP contribution in [0.1, 0.15) is 11.1 Å². The van der Waals surface area contributed by atoms with Gasteiger partial charge in [-0.3, -0.25) is 5.01 Å². The third-order valence-electron chi connectivity index (χ3n) is 2.89. The Morgan fingerprint density at radius 3 is 2.94 bits per heavy atom. The van der Waals surface area contributed by atoms with Crippen molar-refractivity contribution >= 4 is 17.9 Å². The fraction of sp³-hybridized carbons (Fsp3) is 0.0769. The SMILES string of the molecule is O=C(O)C1=CC=C2c3ccccc3C=NN2C1. The van der Waals surface area contributed by atoms with Crippen LogP contribution in [0.5, 0.6) is 0 Å². The van der Waals surface area contributed by atoms with Crippen LogP contribution in [0.4, 0.5) is 0 Å². The topological polar surface area (TPSA) is 52.9 Å². The molecule has 1 aromatic carbocycles. The van der Waals surface area contributed by atoms with E-state index in [9.17, 15) is 4.79 Å². The molecule has 0 saturated carbocycles. The van der Waals surface area contributed by atoms with Crippen molar-refractivity contribution in [3.8, 4) is 0 Å². The van der Waals surface area contributed by atoms with Gasteiger partial charge in [0.25, 0.3) is 0 Å². The van der Waals surface area contributed by atoms with E-state index in [0.717, 1.165) is 16.8 Å². The Morgan fingerprint density at radius 2 is 2.12 bits per heavy atom. The van der Waals surface area contributed by atoms with E-state index in [0.29, 0.717) is 12.1 Å². The standard InChI is InChI=1S/C13H10N2O2/c16-13(17)10-5-6-12-11-4-2-1-3-9(11)7-14-15(12)8-10/h1-7H,8H2,(H,16,17). The first-order valence-electron chi connectivity index (χ1n) is 5.31. The number of hydrogen-bond donors (Lipinski definition) is 1. The van der Waals surface area contributed by atoms with Crippen molar-refractivity contribution in [3.63, 3.8) is 0 Å². The molecule has 2 aliphatic rings. The molecule has 3 rings (SSSR count). The predicted molar refractivity (Wildman–Crippen MR) is 64.4 cm³/mol. The number of rotatable bonds is 1. The van der Waals surface area contributed by atoms with Gasteiger partial charge in [0.15, 0.2) is 0 Å². The Bertz CT molecular complexity index is 585. The van der Waals surface area contributed by atoms with Crippen molar-refractivity contribution in [2.45, 2.75) is 0 Å². The highest BCUT2D eigenvalue weighted by atomic mass is 16.4. The first-order chi connectivity index (χ1) is 8.25. The van der Waals surface area contributed by atoms with E-state index in [1.54, 1.807) is 17.3 Å². The highest BCUT2D eigenvalue weighted by Crippen LogP contribution is 2.29. The number of benzene rings is 1. The summed E-state index contributed by atoms with van der Waals surface area (Å²) in [5.41, 5.74) is 3.45. The predicted octanol–water partition coefficient (Wildman–Crippen LogP) is 1.70. The molecule has 2 heterocycles. The molecule has 0 amide bonds. The third kappa shape index (κ3) is 1.54. The average Bonchev–Trinajstić information content (AvgIpc) is 2.38. The summed E-state index contributed by atoms with van der Waals surface area (Å²) in [6.45, 7) is 0.312. The van der Waals surface area contributed by atoms with Gasteiger partial charge in [-0.05, 0) is 12.2 Å². The molecular weight excluding hydrogens is 216 g/mol. The smallest absolute Gasteiger partial charge is 0.333 e. The second kappa shape index (κ2) is 3.59. The molecule has 0 radical (unpaired) electrons. The zero-order chi connectivity index (χ0) is 11.8. The van der Waals surface area contributed by atoms with Gasteiger partial charge >= 0.3 is 5.97 Å². The number of fused-ring (bicyclic) bond motifs is 3. The molecule has 0 aromatic heterocycles. The number of allylic oxidation sites excluding steroid dienone is 2. The van der Waals surface area contributed by atoms with Crippen molar-refractivity contribution in [1.29, 1.82) is 0 Å². The Morgan fingerprint density at radius 1 is 1.29 bits per heavy atom. The second-order valence-corrected chi connectivity index (χ2v) is 3.94. The van der Waals surface area contributed by atoms with Gasteiger partial charge in [-0.25, -0.2) is 4.79 Å². The lowest BCUT2D eigenvalue weighted by Gasteiger charge is -2.29. The zero-order valence-electron chi connectivity index (χ0n) is 9.00. The lowest BCUT2D eigenvalue weighted by Crippen LogP contribution is -2.27. The van der Waals surface area contributed by atoms with Crippen LogP contribution in [0.2, 0.25) is 0 Å². The molecule has 2 aliphatic heterocycles. The first-order valence-corrected chi connectivity index (χ1v) is 5.31. The molecule has 0 aliphatic carbocycles. The van der Waals surface area contributed by atoms with Crippen molar-refractivity contribution in [2.24, 2.45) is 5.10 Å². The average molecular weight is 226 g/mol. The highest BCUT2D eigenvalue weighted by Gasteiger charge is 2.23. The lowest BCUT2D eigenvalue weighted by atomic mass is 10.0. The molecule has 0 saturated heterocycles. The van der Waals surface area contributed by atoms with E-state index < -0.39 is 5.97 Å². The Labute approximate surface area is 98.2 Å². The minimum absolute atomic E-state index is 0.312. The van der Waals surface area contributed by atoms with Gasteiger partial charge in [-0.15, -0.1) is 0 Å². The molecule has 0 fully saturated rings. The Balaban J connectivity index is 2.10. The molecule has 0 bridgehead atoms. The fourth-order valence-electron chi connectivity index (χ4n) is 2.01. The summed E-state index contributed by atoms with van der Waals surface area (Å²) in [5.74, 6) is -0.894. The maximum atomic E-state index is 10.9. The second-order valence-electron chi connectivity index (χ2n) is 3.94. The molecule has 17 heavy (non-hydrogen) atoms. The van der Waals surface area contributed by atoms with Crippen LogP contribution in [-0.4, -0.2) is 28.8 Å².